The van der Waals surface area contributed by atoms with Gasteiger partial charge in [0.2, 0.25) is 0 Å². The maximum atomic E-state index is 14.0. The molecule has 2 atom stereocenters. The number of ether oxygens (including phenoxy) is 1. The minimum Gasteiger partial charge on any atom is -0.377 e. The molecule has 1 aromatic carbocycles. The first-order valence-corrected chi connectivity index (χ1v) is 7.28. The number of hydrogen-bond donors (Lipinski definition) is 1. The van der Waals surface area contributed by atoms with Gasteiger partial charge in [-0.25, -0.2) is 4.39 Å². The van der Waals surface area contributed by atoms with Crippen LogP contribution in [0.3, 0.4) is 0 Å². The molecule has 104 valence electrons. The molecule has 19 heavy (non-hydrogen) atoms. The topological polar surface area (TPSA) is 35.2 Å². The second-order valence-corrected chi connectivity index (χ2v) is 6.29. The zero-order valence-corrected chi connectivity index (χ0v) is 11.6. The van der Waals surface area contributed by atoms with Gasteiger partial charge in [0.1, 0.15) is 5.82 Å². The summed E-state index contributed by atoms with van der Waals surface area (Å²) in [5, 5.41) is 0.435. The minimum absolute atomic E-state index is 0.101. The Morgan fingerprint density at radius 3 is 2.84 bits per heavy atom. The summed E-state index contributed by atoms with van der Waals surface area (Å²) in [6.45, 7) is 1.30. The smallest absolute Gasteiger partial charge is 0.127 e. The van der Waals surface area contributed by atoms with Crippen LogP contribution in [0.1, 0.15) is 24.8 Å². The van der Waals surface area contributed by atoms with Crippen LogP contribution in [0.15, 0.2) is 18.2 Å². The molecule has 1 saturated heterocycles. The molecule has 3 rings (SSSR count). The molecular formula is C15H19ClFNO. The van der Waals surface area contributed by atoms with Gasteiger partial charge in [0, 0.05) is 23.6 Å². The summed E-state index contributed by atoms with van der Waals surface area (Å²) in [4.78, 5) is 0. The lowest BCUT2D eigenvalue weighted by Gasteiger charge is -2.33. The molecule has 2 aliphatic rings. The highest BCUT2D eigenvalue weighted by Gasteiger charge is 2.50. The van der Waals surface area contributed by atoms with Crippen LogP contribution in [0.2, 0.25) is 5.02 Å². The van der Waals surface area contributed by atoms with E-state index in [1.165, 1.54) is 18.9 Å². The average Bonchev–Trinajstić information content (AvgIpc) is 3.15. The summed E-state index contributed by atoms with van der Waals surface area (Å²) in [6.07, 6.45) is 4.21. The van der Waals surface area contributed by atoms with Crippen molar-refractivity contribution >= 4 is 11.6 Å². The number of rotatable bonds is 4. The molecule has 1 saturated carbocycles. The van der Waals surface area contributed by atoms with Gasteiger partial charge in [0.25, 0.3) is 0 Å². The fraction of sp³-hybridized carbons (Fsp3) is 0.600. The Hall–Kier alpha value is -0.640. The molecular weight excluding hydrogens is 265 g/mol. The van der Waals surface area contributed by atoms with Crippen LogP contribution < -0.4 is 5.73 Å². The van der Waals surface area contributed by atoms with E-state index >= 15 is 0 Å². The first-order chi connectivity index (χ1) is 9.14. The molecule has 1 aliphatic carbocycles. The number of benzene rings is 1. The summed E-state index contributed by atoms with van der Waals surface area (Å²) in [6, 6.07) is 4.90. The molecule has 2 fully saturated rings. The lowest BCUT2D eigenvalue weighted by molar-refractivity contribution is 0.0341. The maximum absolute atomic E-state index is 14.0. The summed E-state index contributed by atoms with van der Waals surface area (Å²) >= 11 is 5.80. The van der Waals surface area contributed by atoms with Crippen molar-refractivity contribution in [2.75, 3.05) is 13.2 Å². The van der Waals surface area contributed by atoms with Gasteiger partial charge in [-0.15, -0.1) is 0 Å². The van der Waals surface area contributed by atoms with Gasteiger partial charge in [-0.1, -0.05) is 17.7 Å². The molecule has 2 nitrogen and oxygen atoms in total. The number of halogens is 2. The lowest BCUT2D eigenvalue weighted by Crippen LogP contribution is -2.41. The Balaban J connectivity index is 1.85. The predicted octanol–water partition coefficient (Wildman–Crippen LogP) is 3.17. The summed E-state index contributed by atoms with van der Waals surface area (Å²) in [5.74, 6) is 0.392. The second-order valence-electron chi connectivity index (χ2n) is 5.86. The molecule has 0 amide bonds. The van der Waals surface area contributed by atoms with Gasteiger partial charge < -0.3 is 10.5 Å². The largest absolute Gasteiger partial charge is 0.377 e. The Kier molecular flexibility index (Phi) is 3.54. The second kappa shape index (κ2) is 5.04. The molecule has 0 spiro atoms. The van der Waals surface area contributed by atoms with E-state index in [1.807, 2.05) is 0 Å². The summed E-state index contributed by atoms with van der Waals surface area (Å²) in [5.41, 5.74) is 6.62. The van der Waals surface area contributed by atoms with E-state index in [1.54, 1.807) is 12.1 Å². The van der Waals surface area contributed by atoms with Crippen molar-refractivity contribution in [2.45, 2.75) is 31.8 Å². The highest BCUT2D eigenvalue weighted by molar-refractivity contribution is 6.30. The van der Waals surface area contributed by atoms with Crippen LogP contribution in [-0.2, 0) is 11.2 Å². The normalized spacial score (nSPS) is 30.8. The standard InChI is InChI=1S/C15H19ClFNO/c16-12-4-3-11(13(17)7-12)8-15(9-18)5-6-19-14(15)10-1-2-10/h3-4,7,10,14H,1-2,5-6,8-9,18H2. The molecule has 2 N–H and O–H groups in total. The summed E-state index contributed by atoms with van der Waals surface area (Å²) in [7, 11) is 0. The van der Waals surface area contributed by atoms with E-state index in [4.69, 9.17) is 22.1 Å². The number of hydrogen-bond acceptors (Lipinski definition) is 2. The van der Waals surface area contributed by atoms with E-state index in [9.17, 15) is 4.39 Å². The van der Waals surface area contributed by atoms with Crippen molar-refractivity contribution < 1.29 is 9.13 Å². The Bertz CT molecular complexity index is 477. The van der Waals surface area contributed by atoms with Crippen molar-refractivity contribution in [3.8, 4) is 0 Å². The van der Waals surface area contributed by atoms with Crippen LogP contribution in [0.25, 0.3) is 0 Å². The minimum atomic E-state index is -0.234. The van der Waals surface area contributed by atoms with Gasteiger partial charge in [0.15, 0.2) is 0 Å². The van der Waals surface area contributed by atoms with Gasteiger partial charge >= 0.3 is 0 Å². The fourth-order valence-electron chi connectivity index (χ4n) is 3.27. The van der Waals surface area contributed by atoms with Crippen LogP contribution >= 0.6 is 11.6 Å². The zero-order valence-electron chi connectivity index (χ0n) is 10.9. The van der Waals surface area contributed by atoms with Gasteiger partial charge in [-0.05, 0) is 49.3 Å². The van der Waals surface area contributed by atoms with Crippen LogP contribution in [0, 0.1) is 17.2 Å². The third-order valence-electron chi connectivity index (χ3n) is 4.52. The molecule has 0 radical (unpaired) electrons. The van der Waals surface area contributed by atoms with E-state index in [-0.39, 0.29) is 17.3 Å². The van der Waals surface area contributed by atoms with Crippen molar-refractivity contribution in [1.82, 2.24) is 0 Å². The Morgan fingerprint density at radius 1 is 1.42 bits per heavy atom. The molecule has 0 bridgehead atoms. The molecule has 0 aromatic heterocycles. The fourth-order valence-corrected chi connectivity index (χ4v) is 3.43. The molecule has 4 heteroatoms. The van der Waals surface area contributed by atoms with Gasteiger partial charge in [-0.3, -0.25) is 0 Å². The van der Waals surface area contributed by atoms with Gasteiger partial charge in [-0.2, -0.15) is 0 Å². The van der Waals surface area contributed by atoms with Crippen LogP contribution in [0.4, 0.5) is 4.39 Å². The maximum Gasteiger partial charge on any atom is 0.127 e. The first-order valence-electron chi connectivity index (χ1n) is 6.90. The molecule has 2 unspecified atom stereocenters. The van der Waals surface area contributed by atoms with E-state index < -0.39 is 0 Å². The number of nitrogens with two attached hydrogens (primary N) is 1. The SMILES string of the molecule is NCC1(Cc2ccc(Cl)cc2F)CCOC1C1CC1. The van der Waals surface area contributed by atoms with Crippen molar-refractivity contribution in [3.05, 3.63) is 34.6 Å². The Morgan fingerprint density at radius 2 is 2.21 bits per heavy atom. The average molecular weight is 284 g/mol. The van der Waals surface area contributed by atoms with Crippen LogP contribution in [-0.4, -0.2) is 19.3 Å². The van der Waals surface area contributed by atoms with Crippen molar-refractivity contribution in [2.24, 2.45) is 17.1 Å². The lowest BCUT2D eigenvalue weighted by atomic mass is 9.74. The van der Waals surface area contributed by atoms with Gasteiger partial charge in [0.05, 0.1) is 6.10 Å². The van der Waals surface area contributed by atoms with E-state index in [0.29, 0.717) is 29.5 Å². The monoisotopic (exact) mass is 283 g/mol. The van der Waals surface area contributed by atoms with E-state index in [2.05, 4.69) is 0 Å². The quantitative estimate of drug-likeness (QED) is 0.921. The first kappa shape index (κ1) is 13.3. The third kappa shape index (κ3) is 2.51. The predicted molar refractivity (Wildman–Crippen MR) is 73.7 cm³/mol. The highest BCUT2D eigenvalue weighted by Crippen LogP contribution is 2.49. The zero-order chi connectivity index (χ0) is 13.5. The van der Waals surface area contributed by atoms with Crippen LogP contribution in [0.5, 0.6) is 0 Å². The van der Waals surface area contributed by atoms with E-state index in [0.717, 1.165) is 13.0 Å². The molecule has 1 heterocycles. The third-order valence-corrected chi connectivity index (χ3v) is 4.75. The highest BCUT2D eigenvalue weighted by atomic mass is 35.5. The summed E-state index contributed by atoms with van der Waals surface area (Å²) < 4.78 is 19.9. The van der Waals surface area contributed by atoms with Crippen molar-refractivity contribution in [3.63, 3.8) is 0 Å². The van der Waals surface area contributed by atoms with Crippen molar-refractivity contribution in [1.29, 1.82) is 0 Å². The molecule has 1 aliphatic heterocycles. The molecule has 1 aromatic rings. The Labute approximate surface area is 118 Å².